The minimum absolute atomic E-state index is 0.00792. The summed E-state index contributed by atoms with van der Waals surface area (Å²) in [4.78, 5) is 29.6. The molecule has 0 fully saturated rings. The van der Waals surface area contributed by atoms with Gasteiger partial charge < -0.3 is 9.84 Å². The van der Waals surface area contributed by atoms with Crippen molar-refractivity contribution in [2.75, 3.05) is 12.4 Å². The van der Waals surface area contributed by atoms with E-state index in [2.05, 4.69) is 4.99 Å². The van der Waals surface area contributed by atoms with Crippen molar-refractivity contribution in [3.8, 4) is 11.6 Å². The lowest BCUT2D eigenvalue weighted by Gasteiger charge is -2.13. The lowest BCUT2D eigenvalue weighted by atomic mass is 10.2. The predicted octanol–water partition coefficient (Wildman–Crippen LogP) is 3.30. The van der Waals surface area contributed by atoms with Gasteiger partial charge in [0.05, 0.1) is 12.3 Å². The number of nitrogens with zero attached hydrogens (tertiary/aromatic N) is 3. The number of hydrogen-bond acceptors (Lipinski definition) is 6. The Morgan fingerprint density at radius 2 is 1.74 bits per heavy atom. The first kappa shape index (κ1) is 22.4. The molecular formula is C23H25N3O4S. The molecule has 1 aromatic heterocycles. The minimum atomic E-state index is -0.603. The van der Waals surface area contributed by atoms with Crippen LogP contribution >= 0.6 is 11.8 Å². The molecule has 0 radical (unpaired) electrons. The van der Waals surface area contributed by atoms with Crippen LogP contribution in [0.4, 0.5) is 5.69 Å². The van der Waals surface area contributed by atoms with E-state index in [-0.39, 0.29) is 5.56 Å². The van der Waals surface area contributed by atoms with Gasteiger partial charge in [-0.25, -0.2) is 9.79 Å². The number of thioether (sulfide) groups is 1. The number of aromatic hydroxyl groups is 1. The summed E-state index contributed by atoms with van der Waals surface area (Å²) in [5.74, 6) is 0.833. The van der Waals surface area contributed by atoms with E-state index < -0.39 is 17.1 Å². The van der Waals surface area contributed by atoms with Crippen LogP contribution in [0.25, 0.3) is 0 Å². The average molecular weight is 440 g/mol. The van der Waals surface area contributed by atoms with Crippen molar-refractivity contribution >= 4 is 22.5 Å². The monoisotopic (exact) mass is 439 g/mol. The molecule has 0 aliphatic heterocycles. The fourth-order valence-electron chi connectivity index (χ4n) is 2.93. The van der Waals surface area contributed by atoms with Crippen molar-refractivity contribution < 1.29 is 9.84 Å². The van der Waals surface area contributed by atoms with Crippen LogP contribution in [-0.2, 0) is 14.1 Å². The van der Waals surface area contributed by atoms with Crippen molar-refractivity contribution in [2.24, 2.45) is 19.1 Å². The zero-order chi connectivity index (χ0) is 22.5. The molecule has 162 valence electrons. The molecule has 0 saturated carbocycles. The Morgan fingerprint density at radius 3 is 2.42 bits per heavy atom. The maximum atomic E-state index is 12.8. The molecule has 3 rings (SSSR count). The molecule has 1 N–H and O–H groups in total. The van der Waals surface area contributed by atoms with Crippen molar-refractivity contribution in [3.63, 3.8) is 0 Å². The summed E-state index contributed by atoms with van der Waals surface area (Å²) in [6.45, 7) is 4.34. The summed E-state index contributed by atoms with van der Waals surface area (Å²) in [5, 5.41) is 10.9. The lowest BCUT2D eigenvalue weighted by molar-refractivity contribution is 0.344. The van der Waals surface area contributed by atoms with Crippen LogP contribution in [0.5, 0.6) is 11.6 Å². The van der Waals surface area contributed by atoms with Gasteiger partial charge >= 0.3 is 5.69 Å². The van der Waals surface area contributed by atoms with Crippen LogP contribution in [0.2, 0.25) is 0 Å². The summed E-state index contributed by atoms with van der Waals surface area (Å²) >= 11 is 1.29. The minimum Gasteiger partial charge on any atom is -0.494 e. The average Bonchev–Trinajstić information content (AvgIpc) is 2.75. The van der Waals surface area contributed by atoms with Gasteiger partial charge in [-0.2, -0.15) is 0 Å². The highest BCUT2D eigenvalue weighted by atomic mass is 32.2. The first-order valence-electron chi connectivity index (χ1n) is 9.75. The van der Waals surface area contributed by atoms with E-state index in [0.29, 0.717) is 23.1 Å². The van der Waals surface area contributed by atoms with Crippen LogP contribution in [0.1, 0.15) is 16.7 Å². The second kappa shape index (κ2) is 9.70. The molecule has 0 amide bonds. The number of ether oxygens (including phenoxy) is 1. The molecule has 0 aliphatic rings. The topological polar surface area (TPSA) is 85.8 Å². The molecule has 1 heterocycles. The Bertz CT molecular complexity index is 1230. The van der Waals surface area contributed by atoms with E-state index in [9.17, 15) is 14.7 Å². The molecule has 0 atom stereocenters. The molecule has 0 bridgehead atoms. The zero-order valence-electron chi connectivity index (χ0n) is 18.0. The predicted molar refractivity (Wildman–Crippen MR) is 125 cm³/mol. The molecule has 0 aliphatic carbocycles. The highest BCUT2D eigenvalue weighted by Gasteiger charge is 2.21. The molecule has 3 aromatic rings. The third kappa shape index (κ3) is 5.27. The Balaban J connectivity index is 1.92. The number of aryl methyl sites for hydroxylation is 2. The van der Waals surface area contributed by atoms with Crippen LogP contribution in [0.3, 0.4) is 0 Å². The number of aromatic nitrogens is 2. The second-order valence-corrected chi connectivity index (χ2v) is 8.25. The molecular weight excluding hydrogens is 414 g/mol. The summed E-state index contributed by atoms with van der Waals surface area (Å²) in [5.41, 5.74) is 1.61. The van der Waals surface area contributed by atoms with Crippen LogP contribution < -0.4 is 16.0 Å². The van der Waals surface area contributed by atoms with E-state index in [1.165, 1.54) is 25.9 Å². The molecule has 31 heavy (non-hydrogen) atoms. The quantitative estimate of drug-likeness (QED) is 0.362. The number of rotatable bonds is 6. The number of benzene rings is 2. The largest absolute Gasteiger partial charge is 0.494 e. The first-order valence-corrected chi connectivity index (χ1v) is 10.7. The first-order chi connectivity index (χ1) is 14.8. The smallest absolute Gasteiger partial charge is 0.333 e. The van der Waals surface area contributed by atoms with Crippen molar-refractivity contribution in [3.05, 3.63) is 86.1 Å². The highest BCUT2D eigenvalue weighted by molar-refractivity contribution is 8.14. The fourth-order valence-corrected chi connectivity index (χ4v) is 3.78. The van der Waals surface area contributed by atoms with Gasteiger partial charge in [-0.15, -0.1) is 11.8 Å². The van der Waals surface area contributed by atoms with Crippen molar-refractivity contribution in [1.82, 2.24) is 9.13 Å². The van der Waals surface area contributed by atoms with Gasteiger partial charge in [-0.3, -0.25) is 13.9 Å². The van der Waals surface area contributed by atoms with E-state index in [1.54, 1.807) is 0 Å². The highest BCUT2D eigenvalue weighted by Crippen LogP contribution is 2.24. The second-order valence-electron chi connectivity index (χ2n) is 7.17. The Morgan fingerprint density at radius 1 is 1.03 bits per heavy atom. The summed E-state index contributed by atoms with van der Waals surface area (Å²) in [6, 6.07) is 15.3. The molecule has 0 unspecified atom stereocenters. The van der Waals surface area contributed by atoms with Gasteiger partial charge in [0.15, 0.2) is 0 Å². The molecule has 8 heteroatoms. The number of hydrogen-bond donors (Lipinski definition) is 1. The van der Waals surface area contributed by atoms with Gasteiger partial charge in [-0.05, 0) is 43.7 Å². The maximum absolute atomic E-state index is 12.8. The maximum Gasteiger partial charge on any atom is 0.333 e. The molecule has 0 spiro atoms. The van der Waals surface area contributed by atoms with Crippen LogP contribution in [0, 0.1) is 13.8 Å². The fraction of sp³-hybridized carbons (Fsp3) is 0.261. The van der Waals surface area contributed by atoms with Gasteiger partial charge in [-0.1, -0.05) is 29.8 Å². The molecule has 2 aromatic carbocycles. The van der Waals surface area contributed by atoms with Crippen molar-refractivity contribution in [2.45, 2.75) is 13.8 Å². The summed E-state index contributed by atoms with van der Waals surface area (Å²) in [6.07, 6.45) is 0. The molecule has 7 nitrogen and oxygen atoms in total. The summed E-state index contributed by atoms with van der Waals surface area (Å²) in [7, 11) is 2.79. The van der Waals surface area contributed by atoms with Gasteiger partial charge in [0.1, 0.15) is 16.4 Å². The third-order valence-electron chi connectivity index (χ3n) is 4.69. The normalized spacial score (nSPS) is 11.5. The van der Waals surface area contributed by atoms with Gasteiger partial charge in [0.2, 0.25) is 5.88 Å². The van der Waals surface area contributed by atoms with E-state index >= 15 is 0 Å². The number of aliphatic imine (C=N–C) groups is 1. The Labute approximate surface area is 184 Å². The van der Waals surface area contributed by atoms with E-state index in [1.807, 2.05) is 62.4 Å². The standard InChI is InChI=1S/C23H25N3O4S/c1-15-8-10-18(11-9-15)30-12-13-31-20(24-17-7-5-6-16(2)14-17)19-21(27)25(3)23(29)26(4)22(19)28/h5-11,14,27H,12-13H2,1-4H3. The summed E-state index contributed by atoms with van der Waals surface area (Å²) < 4.78 is 7.76. The lowest BCUT2D eigenvalue weighted by Crippen LogP contribution is -2.39. The Hall–Kier alpha value is -3.26. The Kier molecular flexibility index (Phi) is 7.02. The van der Waals surface area contributed by atoms with Crippen molar-refractivity contribution in [1.29, 1.82) is 0 Å². The van der Waals surface area contributed by atoms with Gasteiger partial charge in [0, 0.05) is 19.8 Å². The van der Waals surface area contributed by atoms with E-state index in [4.69, 9.17) is 4.74 Å². The van der Waals surface area contributed by atoms with Gasteiger partial charge in [0.25, 0.3) is 5.56 Å². The SMILES string of the molecule is Cc1ccc(OCCSC(=Nc2cccc(C)c2)c2c(O)n(C)c(=O)n(C)c2=O)cc1. The third-order valence-corrected chi connectivity index (χ3v) is 5.63. The van der Waals surface area contributed by atoms with E-state index in [0.717, 1.165) is 26.0 Å². The zero-order valence-corrected chi connectivity index (χ0v) is 18.8. The van der Waals surface area contributed by atoms with Crippen LogP contribution in [-0.4, -0.2) is 31.6 Å². The molecule has 0 saturated heterocycles. The van der Waals surface area contributed by atoms with Crippen LogP contribution in [0.15, 0.2) is 63.1 Å².